The zero-order valence-electron chi connectivity index (χ0n) is 8.29. The normalized spacial score (nSPS) is 18.7. The minimum Gasteiger partial charge on any atom is -0.490 e. The lowest BCUT2D eigenvalue weighted by Gasteiger charge is -2.13. The molecule has 0 aromatic carbocycles. The Kier molecular flexibility index (Phi) is 3.77. The van der Waals surface area contributed by atoms with E-state index < -0.39 is 0 Å². The molecule has 0 bridgehead atoms. The lowest BCUT2D eigenvalue weighted by Crippen LogP contribution is -2.19. The zero-order chi connectivity index (χ0) is 9.68. The molecular formula is C11H17NO. The van der Waals surface area contributed by atoms with E-state index in [0.29, 0.717) is 6.54 Å². The van der Waals surface area contributed by atoms with Crippen molar-refractivity contribution < 1.29 is 4.74 Å². The molecule has 1 atom stereocenters. The smallest absolute Gasteiger partial charge is 0.116 e. The Balaban J connectivity index is 2.60. The van der Waals surface area contributed by atoms with Gasteiger partial charge >= 0.3 is 0 Å². The molecule has 0 saturated carbocycles. The lowest BCUT2D eigenvalue weighted by molar-refractivity contribution is 0.147. The standard InChI is InChI=1S/C11H17NO/c1-9-5-3-4-6-11(7-9)13-10(2)8-12/h3,5-7,10H,4,8,12H2,1-2H3/t10-/m0/s1. The van der Waals surface area contributed by atoms with Crippen molar-refractivity contribution in [1.29, 1.82) is 0 Å². The number of rotatable bonds is 3. The minimum absolute atomic E-state index is 0.0911. The Morgan fingerprint density at radius 2 is 2.38 bits per heavy atom. The molecule has 0 fully saturated rings. The molecule has 2 nitrogen and oxygen atoms in total. The molecule has 0 saturated heterocycles. The molecular weight excluding hydrogens is 162 g/mol. The molecule has 13 heavy (non-hydrogen) atoms. The van der Waals surface area contributed by atoms with Gasteiger partial charge in [-0.15, -0.1) is 0 Å². The van der Waals surface area contributed by atoms with Crippen LogP contribution in [0.5, 0.6) is 0 Å². The second kappa shape index (κ2) is 4.87. The highest BCUT2D eigenvalue weighted by molar-refractivity contribution is 5.29. The highest BCUT2D eigenvalue weighted by atomic mass is 16.5. The summed E-state index contributed by atoms with van der Waals surface area (Å²) in [5, 5.41) is 0. The Labute approximate surface area is 79.8 Å². The van der Waals surface area contributed by atoms with E-state index in [9.17, 15) is 0 Å². The molecule has 2 heteroatoms. The molecule has 0 aliphatic heterocycles. The molecule has 1 rings (SSSR count). The van der Waals surface area contributed by atoms with E-state index in [1.165, 1.54) is 5.57 Å². The van der Waals surface area contributed by atoms with Gasteiger partial charge in [0, 0.05) is 6.54 Å². The average molecular weight is 179 g/mol. The van der Waals surface area contributed by atoms with Crippen molar-refractivity contribution in [1.82, 2.24) is 0 Å². The van der Waals surface area contributed by atoms with E-state index in [2.05, 4.69) is 25.2 Å². The quantitative estimate of drug-likeness (QED) is 0.720. The second-order valence-corrected chi connectivity index (χ2v) is 3.30. The van der Waals surface area contributed by atoms with Gasteiger partial charge in [-0.2, -0.15) is 0 Å². The molecule has 0 amide bonds. The van der Waals surface area contributed by atoms with Crippen molar-refractivity contribution in [3.05, 3.63) is 35.6 Å². The molecule has 0 radical (unpaired) electrons. The summed E-state index contributed by atoms with van der Waals surface area (Å²) in [5.41, 5.74) is 6.69. The first-order chi connectivity index (χ1) is 6.22. The average Bonchev–Trinajstić information content (AvgIpc) is 2.30. The van der Waals surface area contributed by atoms with Gasteiger partial charge in [-0.05, 0) is 38.0 Å². The Morgan fingerprint density at radius 1 is 1.62 bits per heavy atom. The summed E-state index contributed by atoms with van der Waals surface area (Å²) in [7, 11) is 0. The van der Waals surface area contributed by atoms with E-state index in [0.717, 1.165) is 12.2 Å². The Hall–Kier alpha value is -1.02. The SMILES string of the molecule is CC1=CC(O[C@@H](C)CN)=CCC=C1. The molecule has 0 aromatic rings. The van der Waals surface area contributed by atoms with Crippen LogP contribution in [0, 0.1) is 0 Å². The van der Waals surface area contributed by atoms with E-state index >= 15 is 0 Å². The Bertz CT molecular complexity index is 251. The minimum atomic E-state index is 0.0911. The third kappa shape index (κ3) is 3.47. The lowest BCUT2D eigenvalue weighted by atomic mass is 10.2. The fraction of sp³-hybridized carbons (Fsp3) is 0.455. The van der Waals surface area contributed by atoms with Gasteiger partial charge in [-0.3, -0.25) is 0 Å². The summed E-state index contributed by atoms with van der Waals surface area (Å²) in [6.07, 6.45) is 9.35. The van der Waals surface area contributed by atoms with Crippen molar-refractivity contribution in [3.63, 3.8) is 0 Å². The van der Waals surface area contributed by atoms with Crippen molar-refractivity contribution in [2.24, 2.45) is 5.73 Å². The fourth-order valence-corrected chi connectivity index (χ4v) is 1.13. The second-order valence-electron chi connectivity index (χ2n) is 3.30. The molecule has 2 N–H and O–H groups in total. The largest absolute Gasteiger partial charge is 0.490 e. The van der Waals surface area contributed by atoms with Crippen LogP contribution in [-0.2, 0) is 4.74 Å². The zero-order valence-corrected chi connectivity index (χ0v) is 8.29. The highest BCUT2D eigenvalue weighted by Crippen LogP contribution is 2.13. The predicted molar refractivity (Wildman–Crippen MR) is 55.2 cm³/mol. The molecule has 0 unspecified atom stereocenters. The van der Waals surface area contributed by atoms with Crippen molar-refractivity contribution in [3.8, 4) is 0 Å². The summed E-state index contributed by atoms with van der Waals surface area (Å²) in [6, 6.07) is 0. The maximum Gasteiger partial charge on any atom is 0.116 e. The topological polar surface area (TPSA) is 35.2 Å². The summed E-state index contributed by atoms with van der Waals surface area (Å²) < 4.78 is 5.61. The highest BCUT2D eigenvalue weighted by Gasteiger charge is 2.02. The molecule has 1 aliphatic carbocycles. The van der Waals surface area contributed by atoms with Crippen LogP contribution >= 0.6 is 0 Å². The molecule has 0 aromatic heterocycles. The summed E-state index contributed by atoms with van der Waals surface area (Å²) in [5.74, 6) is 0.931. The monoisotopic (exact) mass is 179 g/mol. The molecule has 0 spiro atoms. The van der Waals surface area contributed by atoms with E-state index in [1.807, 2.05) is 13.0 Å². The van der Waals surface area contributed by atoms with Crippen LogP contribution in [0.1, 0.15) is 20.3 Å². The van der Waals surface area contributed by atoms with Crippen molar-refractivity contribution in [2.75, 3.05) is 6.54 Å². The van der Waals surface area contributed by atoms with E-state index in [-0.39, 0.29) is 6.10 Å². The van der Waals surface area contributed by atoms with Gasteiger partial charge in [0.1, 0.15) is 11.9 Å². The van der Waals surface area contributed by atoms with Crippen LogP contribution in [0.2, 0.25) is 0 Å². The number of hydrogen-bond donors (Lipinski definition) is 1. The first-order valence-corrected chi connectivity index (χ1v) is 4.64. The van der Waals surface area contributed by atoms with Gasteiger partial charge in [0.25, 0.3) is 0 Å². The van der Waals surface area contributed by atoms with Gasteiger partial charge < -0.3 is 10.5 Å². The first-order valence-electron chi connectivity index (χ1n) is 4.64. The molecule has 72 valence electrons. The summed E-state index contributed by atoms with van der Waals surface area (Å²) in [4.78, 5) is 0. The fourth-order valence-electron chi connectivity index (χ4n) is 1.13. The van der Waals surface area contributed by atoms with Crippen LogP contribution in [0.4, 0.5) is 0 Å². The first kappa shape index (κ1) is 10.1. The third-order valence-corrected chi connectivity index (χ3v) is 1.87. The Morgan fingerprint density at radius 3 is 3.08 bits per heavy atom. The van der Waals surface area contributed by atoms with Gasteiger partial charge in [0.15, 0.2) is 0 Å². The molecule has 0 heterocycles. The van der Waals surface area contributed by atoms with Crippen LogP contribution < -0.4 is 5.73 Å². The van der Waals surface area contributed by atoms with Crippen LogP contribution in [-0.4, -0.2) is 12.6 Å². The number of nitrogens with two attached hydrogens (primary N) is 1. The maximum absolute atomic E-state index is 5.61. The number of hydrogen-bond acceptors (Lipinski definition) is 2. The van der Waals surface area contributed by atoms with Crippen LogP contribution in [0.15, 0.2) is 35.6 Å². The van der Waals surface area contributed by atoms with Crippen molar-refractivity contribution in [2.45, 2.75) is 26.4 Å². The summed E-state index contributed by atoms with van der Waals surface area (Å²) >= 11 is 0. The van der Waals surface area contributed by atoms with E-state index in [1.54, 1.807) is 0 Å². The summed E-state index contributed by atoms with van der Waals surface area (Å²) in [6.45, 7) is 4.59. The van der Waals surface area contributed by atoms with Crippen molar-refractivity contribution >= 4 is 0 Å². The predicted octanol–water partition coefficient (Wildman–Crippen LogP) is 2.14. The van der Waals surface area contributed by atoms with Gasteiger partial charge in [0.05, 0.1) is 0 Å². The van der Waals surface area contributed by atoms with Gasteiger partial charge in [0.2, 0.25) is 0 Å². The van der Waals surface area contributed by atoms with E-state index in [4.69, 9.17) is 10.5 Å². The van der Waals surface area contributed by atoms with Gasteiger partial charge in [-0.25, -0.2) is 0 Å². The number of ether oxygens (including phenoxy) is 1. The van der Waals surface area contributed by atoms with Crippen LogP contribution in [0.25, 0.3) is 0 Å². The maximum atomic E-state index is 5.61. The number of allylic oxidation sites excluding steroid dienone is 5. The molecule has 1 aliphatic rings. The third-order valence-electron chi connectivity index (χ3n) is 1.87. The van der Waals surface area contributed by atoms with Crippen LogP contribution in [0.3, 0.4) is 0 Å². The van der Waals surface area contributed by atoms with Gasteiger partial charge in [-0.1, -0.05) is 12.2 Å².